The third kappa shape index (κ3) is 14.1. The van der Waals surface area contributed by atoms with Gasteiger partial charge in [0, 0.05) is 12.3 Å². The van der Waals surface area contributed by atoms with Crippen LogP contribution < -0.4 is 21.7 Å². The fraction of sp³-hybridized carbons (Fsp3) is 0.436. The second kappa shape index (κ2) is 18.7. The third-order valence-electron chi connectivity index (χ3n) is 7.97. The minimum Gasteiger partial charge on any atom is -0.444 e. The highest BCUT2D eigenvalue weighted by Gasteiger charge is 2.33. The summed E-state index contributed by atoms with van der Waals surface area (Å²) in [5.41, 5.74) is 7.51. The predicted molar refractivity (Wildman–Crippen MR) is 190 cm³/mol. The predicted octanol–water partition coefficient (Wildman–Crippen LogP) is 4.48. The molecule has 0 unspecified atom stereocenters. The number of aliphatic hydroxyl groups excluding tert-OH is 1. The molecule has 0 aliphatic carbocycles. The summed E-state index contributed by atoms with van der Waals surface area (Å²) in [6.07, 6.45) is -0.731. The van der Waals surface area contributed by atoms with Gasteiger partial charge in [-0.1, -0.05) is 105 Å². The summed E-state index contributed by atoms with van der Waals surface area (Å²) in [4.78, 5) is 52.9. The van der Waals surface area contributed by atoms with E-state index in [1.807, 2.05) is 105 Å². The zero-order valence-electron chi connectivity index (χ0n) is 29.2. The van der Waals surface area contributed by atoms with Crippen LogP contribution in [0.1, 0.15) is 64.2 Å². The van der Waals surface area contributed by atoms with Crippen LogP contribution in [-0.4, -0.2) is 58.8 Å². The number of carbonyl (C=O) groups excluding carboxylic acids is 4. The van der Waals surface area contributed by atoms with Crippen molar-refractivity contribution in [1.82, 2.24) is 16.0 Å². The number of nitrogens with one attached hydrogen (secondary N) is 3. The Kier molecular flexibility index (Phi) is 14.8. The Balaban J connectivity index is 1.85. The van der Waals surface area contributed by atoms with Crippen LogP contribution in [0.4, 0.5) is 4.79 Å². The van der Waals surface area contributed by atoms with Crippen molar-refractivity contribution in [3.8, 4) is 0 Å². The van der Waals surface area contributed by atoms with E-state index in [1.54, 1.807) is 20.8 Å². The Morgan fingerprint density at radius 3 is 1.61 bits per heavy atom. The maximum absolute atomic E-state index is 14.1. The summed E-state index contributed by atoms with van der Waals surface area (Å²) in [5, 5.41) is 20.1. The lowest BCUT2D eigenvalue weighted by Crippen LogP contribution is -2.55. The quantitative estimate of drug-likeness (QED) is 0.142. The van der Waals surface area contributed by atoms with Gasteiger partial charge in [0.05, 0.1) is 12.1 Å². The number of rotatable bonds is 17. The molecule has 0 fully saturated rings. The van der Waals surface area contributed by atoms with Crippen molar-refractivity contribution in [2.45, 2.75) is 96.6 Å². The van der Waals surface area contributed by atoms with Gasteiger partial charge in [-0.05, 0) is 69.1 Å². The first kappa shape index (κ1) is 38.7. The van der Waals surface area contributed by atoms with E-state index in [4.69, 9.17) is 10.5 Å². The molecule has 0 heterocycles. The van der Waals surface area contributed by atoms with Gasteiger partial charge in [0.15, 0.2) is 0 Å². The molecule has 10 heteroatoms. The second-order valence-electron chi connectivity index (χ2n) is 14.0. The first-order valence-corrected chi connectivity index (χ1v) is 16.9. The fourth-order valence-electron chi connectivity index (χ4n) is 5.59. The molecule has 0 saturated carbocycles. The zero-order valence-corrected chi connectivity index (χ0v) is 29.2. The molecule has 6 N–H and O–H groups in total. The fourth-order valence-corrected chi connectivity index (χ4v) is 5.59. The number of benzene rings is 3. The SMILES string of the molecule is CC(C)C[C@H](NC(=O)[C@H](Cc1ccccc1)C[C@@H](O)[C@@H](Cc1ccccc1)NC(=O)OC(C)(C)C)C(=O)N[C@@H](Cc1ccccc1)C(N)=O. The number of nitrogens with two attached hydrogens (primary N) is 1. The number of amides is 4. The average molecular weight is 673 g/mol. The van der Waals surface area contributed by atoms with Crippen molar-refractivity contribution in [3.05, 3.63) is 108 Å². The number of hydrogen-bond acceptors (Lipinski definition) is 6. The summed E-state index contributed by atoms with van der Waals surface area (Å²) in [5.74, 6) is -2.37. The van der Waals surface area contributed by atoms with Crippen LogP contribution in [0.25, 0.3) is 0 Å². The molecule has 0 aromatic heterocycles. The van der Waals surface area contributed by atoms with Crippen LogP contribution in [0.15, 0.2) is 91.0 Å². The van der Waals surface area contributed by atoms with Crippen LogP contribution in [0.5, 0.6) is 0 Å². The standard InChI is InChI=1S/C39H52N4O6/c1-26(2)21-33(37(47)41-32(35(40)45)24-29-19-13-8-14-20-29)42-36(46)30(22-27-15-9-6-10-16-27)25-34(44)31(23-28-17-11-7-12-18-28)43-38(48)49-39(3,4)5/h6-20,26,30-34,44H,21-25H2,1-5H3,(H2,40,45)(H,41,47)(H,42,46)(H,43,48)/t30-,31-,32+,33+,34-/m1/s1. The van der Waals surface area contributed by atoms with Crippen molar-refractivity contribution in [3.63, 3.8) is 0 Å². The van der Waals surface area contributed by atoms with E-state index in [0.29, 0.717) is 12.8 Å². The molecule has 49 heavy (non-hydrogen) atoms. The Hall–Kier alpha value is -4.70. The van der Waals surface area contributed by atoms with Crippen LogP contribution >= 0.6 is 0 Å². The van der Waals surface area contributed by atoms with Crippen LogP contribution in [0.2, 0.25) is 0 Å². The van der Waals surface area contributed by atoms with E-state index in [9.17, 15) is 24.3 Å². The largest absolute Gasteiger partial charge is 0.444 e. The molecule has 0 saturated heterocycles. The summed E-state index contributed by atoms with van der Waals surface area (Å²) >= 11 is 0. The minimum absolute atomic E-state index is 0.0119. The van der Waals surface area contributed by atoms with Gasteiger partial charge >= 0.3 is 6.09 Å². The van der Waals surface area contributed by atoms with Gasteiger partial charge < -0.3 is 31.5 Å². The lowest BCUT2D eigenvalue weighted by Gasteiger charge is -2.30. The lowest BCUT2D eigenvalue weighted by atomic mass is 9.88. The highest BCUT2D eigenvalue weighted by atomic mass is 16.6. The van der Waals surface area contributed by atoms with Crippen molar-refractivity contribution in [1.29, 1.82) is 0 Å². The van der Waals surface area contributed by atoms with E-state index in [1.165, 1.54) is 0 Å². The second-order valence-corrected chi connectivity index (χ2v) is 14.0. The highest BCUT2D eigenvalue weighted by Crippen LogP contribution is 2.20. The van der Waals surface area contributed by atoms with Crippen molar-refractivity contribution >= 4 is 23.8 Å². The van der Waals surface area contributed by atoms with Gasteiger partial charge in [0.25, 0.3) is 0 Å². The molecule has 0 aliphatic heterocycles. The first-order chi connectivity index (χ1) is 23.2. The molecule has 3 rings (SSSR count). The monoisotopic (exact) mass is 672 g/mol. The van der Waals surface area contributed by atoms with Crippen LogP contribution in [0, 0.1) is 11.8 Å². The first-order valence-electron chi connectivity index (χ1n) is 16.9. The Labute approximate surface area is 290 Å². The normalized spacial score (nSPS) is 14.5. The highest BCUT2D eigenvalue weighted by molar-refractivity contribution is 5.92. The van der Waals surface area contributed by atoms with Gasteiger partial charge in [-0.15, -0.1) is 0 Å². The average Bonchev–Trinajstić information content (AvgIpc) is 3.03. The van der Waals surface area contributed by atoms with Gasteiger partial charge in [0.2, 0.25) is 17.7 Å². The Morgan fingerprint density at radius 2 is 1.14 bits per heavy atom. The van der Waals surface area contributed by atoms with Gasteiger partial charge in [-0.2, -0.15) is 0 Å². The number of carbonyl (C=O) groups is 4. The molecule has 5 atom stereocenters. The summed E-state index contributed by atoms with van der Waals surface area (Å²) in [6, 6.07) is 25.4. The number of primary amides is 1. The molecule has 4 amide bonds. The summed E-state index contributed by atoms with van der Waals surface area (Å²) in [6.45, 7) is 9.14. The third-order valence-corrected chi connectivity index (χ3v) is 7.97. The molecular formula is C39H52N4O6. The van der Waals surface area contributed by atoms with Gasteiger partial charge in [-0.25, -0.2) is 4.79 Å². The molecule has 0 bridgehead atoms. The molecule has 264 valence electrons. The van der Waals surface area contributed by atoms with E-state index in [0.717, 1.165) is 16.7 Å². The molecule has 3 aromatic carbocycles. The maximum atomic E-state index is 14.1. The van der Waals surface area contributed by atoms with Crippen LogP contribution in [-0.2, 0) is 38.4 Å². The number of alkyl carbamates (subject to hydrolysis) is 1. The Morgan fingerprint density at radius 1 is 0.673 bits per heavy atom. The molecule has 3 aromatic rings. The number of hydrogen-bond donors (Lipinski definition) is 5. The lowest BCUT2D eigenvalue weighted by molar-refractivity contribution is -0.133. The van der Waals surface area contributed by atoms with Gasteiger partial charge in [-0.3, -0.25) is 14.4 Å². The van der Waals surface area contributed by atoms with E-state index in [-0.39, 0.29) is 25.2 Å². The smallest absolute Gasteiger partial charge is 0.407 e. The molecule has 0 radical (unpaired) electrons. The van der Waals surface area contributed by atoms with Crippen molar-refractivity contribution < 1.29 is 29.0 Å². The summed E-state index contributed by atoms with van der Waals surface area (Å²) in [7, 11) is 0. The minimum atomic E-state index is -1.14. The van der Waals surface area contributed by atoms with Gasteiger partial charge in [0.1, 0.15) is 17.7 Å². The van der Waals surface area contributed by atoms with E-state index >= 15 is 0 Å². The van der Waals surface area contributed by atoms with E-state index in [2.05, 4.69) is 16.0 Å². The number of ether oxygens (including phenoxy) is 1. The van der Waals surface area contributed by atoms with Crippen molar-refractivity contribution in [2.75, 3.05) is 0 Å². The van der Waals surface area contributed by atoms with Crippen LogP contribution in [0.3, 0.4) is 0 Å². The van der Waals surface area contributed by atoms with E-state index < -0.39 is 59.6 Å². The topological polar surface area (TPSA) is 160 Å². The molecule has 0 aliphatic rings. The number of aliphatic hydroxyl groups is 1. The Bertz CT molecular complexity index is 1480. The zero-order chi connectivity index (χ0) is 36.0. The molecular weight excluding hydrogens is 620 g/mol. The summed E-state index contributed by atoms with van der Waals surface area (Å²) < 4.78 is 5.49. The van der Waals surface area contributed by atoms with Crippen molar-refractivity contribution in [2.24, 2.45) is 17.6 Å². The maximum Gasteiger partial charge on any atom is 0.407 e. The molecule has 10 nitrogen and oxygen atoms in total. The molecule has 0 spiro atoms.